The highest BCUT2D eigenvalue weighted by atomic mass is 32.2. The molecule has 1 saturated carbocycles. The minimum atomic E-state index is -3.07. The lowest BCUT2D eigenvalue weighted by Crippen LogP contribution is -2.46. The van der Waals surface area contributed by atoms with E-state index in [9.17, 15) is 23.1 Å². The van der Waals surface area contributed by atoms with Gasteiger partial charge in [0.15, 0.2) is 9.84 Å². The Hall–Kier alpha value is -1.11. The molecule has 1 amide bonds. The Kier molecular flexibility index (Phi) is 4.91. The lowest BCUT2D eigenvalue weighted by molar-refractivity contribution is -0.154. The van der Waals surface area contributed by atoms with Gasteiger partial charge in [-0.15, -0.1) is 0 Å². The number of carboxylic acids is 1. The fraction of sp³-hybridized carbons (Fsp3) is 0.857. The largest absolute Gasteiger partial charge is 0.481 e. The van der Waals surface area contributed by atoms with E-state index in [0.29, 0.717) is 25.7 Å². The molecular formula is C14H23NO5S. The summed E-state index contributed by atoms with van der Waals surface area (Å²) in [5, 5.41) is 12.2. The number of aliphatic carboxylic acids is 1. The van der Waals surface area contributed by atoms with E-state index in [0.717, 1.165) is 19.3 Å². The summed E-state index contributed by atoms with van der Waals surface area (Å²) < 4.78 is 23.1. The fourth-order valence-electron chi connectivity index (χ4n) is 3.42. The van der Waals surface area contributed by atoms with Gasteiger partial charge in [0.05, 0.1) is 16.9 Å². The Morgan fingerprint density at radius 1 is 1.14 bits per heavy atom. The second-order valence-corrected chi connectivity index (χ2v) is 8.57. The van der Waals surface area contributed by atoms with E-state index < -0.39 is 21.2 Å². The second-order valence-electron chi connectivity index (χ2n) is 6.34. The minimum absolute atomic E-state index is 0.0290. The van der Waals surface area contributed by atoms with Crippen molar-refractivity contribution in [3.05, 3.63) is 0 Å². The fourth-order valence-corrected chi connectivity index (χ4v) is 5.05. The summed E-state index contributed by atoms with van der Waals surface area (Å²) in [6, 6.07) is -0.370. The SMILES string of the molecule is O=C(CC1(C(=O)O)CCCCC1)NC1CCCS(=O)(=O)C1. The van der Waals surface area contributed by atoms with Gasteiger partial charge in [0, 0.05) is 12.5 Å². The molecule has 0 aromatic rings. The van der Waals surface area contributed by atoms with Crippen molar-refractivity contribution in [2.75, 3.05) is 11.5 Å². The van der Waals surface area contributed by atoms with Crippen molar-refractivity contribution in [2.45, 2.75) is 57.4 Å². The molecule has 7 heteroatoms. The van der Waals surface area contributed by atoms with Gasteiger partial charge in [0.2, 0.25) is 5.91 Å². The number of amides is 1. The van der Waals surface area contributed by atoms with Crippen LogP contribution in [0, 0.1) is 5.41 Å². The molecule has 1 unspecified atom stereocenters. The van der Waals surface area contributed by atoms with Gasteiger partial charge in [0.1, 0.15) is 0 Å². The van der Waals surface area contributed by atoms with Crippen molar-refractivity contribution in [3.8, 4) is 0 Å². The third-order valence-corrected chi connectivity index (χ3v) is 6.41. The summed E-state index contributed by atoms with van der Waals surface area (Å²) >= 11 is 0. The average molecular weight is 317 g/mol. The number of rotatable bonds is 4. The highest BCUT2D eigenvalue weighted by molar-refractivity contribution is 7.91. The zero-order valence-electron chi connectivity index (χ0n) is 12.1. The number of nitrogens with one attached hydrogen (secondary N) is 1. The van der Waals surface area contributed by atoms with E-state index in [-0.39, 0.29) is 29.9 Å². The molecule has 2 rings (SSSR count). The molecule has 120 valence electrons. The summed E-state index contributed by atoms with van der Waals surface area (Å²) in [5.74, 6) is -1.09. The summed E-state index contributed by atoms with van der Waals surface area (Å²) in [5.41, 5.74) is -0.962. The Labute approximate surface area is 125 Å². The molecule has 2 aliphatic rings. The van der Waals surface area contributed by atoms with Gasteiger partial charge < -0.3 is 10.4 Å². The maximum atomic E-state index is 12.1. The number of carbonyl (C=O) groups is 2. The van der Waals surface area contributed by atoms with Crippen LogP contribution in [0.2, 0.25) is 0 Å². The van der Waals surface area contributed by atoms with E-state index in [1.165, 1.54) is 0 Å². The van der Waals surface area contributed by atoms with Crippen LogP contribution in [0.4, 0.5) is 0 Å². The predicted octanol–water partition coefficient (Wildman–Crippen LogP) is 1.11. The van der Waals surface area contributed by atoms with Crippen molar-refractivity contribution in [1.82, 2.24) is 5.32 Å². The topological polar surface area (TPSA) is 101 Å². The molecule has 0 bridgehead atoms. The zero-order chi connectivity index (χ0) is 15.5. The van der Waals surface area contributed by atoms with Crippen LogP contribution in [-0.2, 0) is 19.4 Å². The summed E-state index contributed by atoms with van der Waals surface area (Å²) in [7, 11) is -3.07. The Morgan fingerprint density at radius 2 is 1.81 bits per heavy atom. The van der Waals surface area contributed by atoms with E-state index in [1.54, 1.807) is 0 Å². The third kappa shape index (κ3) is 4.18. The van der Waals surface area contributed by atoms with E-state index in [4.69, 9.17) is 0 Å². The normalized spacial score (nSPS) is 27.7. The molecule has 1 aliphatic heterocycles. The molecule has 2 fully saturated rings. The van der Waals surface area contributed by atoms with Gasteiger partial charge in [-0.25, -0.2) is 8.42 Å². The van der Waals surface area contributed by atoms with Crippen LogP contribution in [0.25, 0.3) is 0 Å². The predicted molar refractivity (Wildman–Crippen MR) is 77.6 cm³/mol. The van der Waals surface area contributed by atoms with E-state index in [1.807, 2.05) is 0 Å². The highest BCUT2D eigenvalue weighted by Gasteiger charge is 2.41. The standard InChI is InChI=1S/C14H23NO5S/c16-12(15-11-5-4-8-21(19,20)10-11)9-14(13(17)18)6-2-1-3-7-14/h11H,1-10H2,(H,15,16)(H,17,18). The maximum Gasteiger partial charge on any atom is 0.310 e. The number of carbonyl (C=O) groups excluding carboxylic acids is 1. The Morgan fingerprint density at radius 3 is 2.38 bits per heavy atom. The summed E-state index contributed by atoms with van der Waals surface area (Å²) in [4.78, 5) is 23.7. The molecule has 0 radical (unpaired) electrons. The van der Waals surface area contributed by atoms with Gasteiger partial charge in [-0.05, 0) is 25.7 Å². The molecule has 6 nitrogen and oxygen atoms in total. The smallest absolute Gasteiger partial charge is 0.310 e. The number of hydrogen-bond donors (Lipinski definition) is 2. The van der Waals surface area contributed by atoms with Crippen molar-refractivity contribution in [1.29, 1.82) is 0 Å². The third-order valence-electron chi connectivity index (χ3n) is 4.59. The Balaban J connectivity index is 1.95. The van der Waals surface area contributed by atoms with Gasteiger partial charge in [-0.2, -0.15) is 0 Å². The molecule has 1 atom stereocenters. The van der Waals surface area contributed by atoms with Crippen LogP contribution in [-0.4, -0.2) is 42.9 Å². The first kappa shape index (κ1) is 16.3. The van der Waals surface area contributed by atoms with Gasteiger partial charge in [-0.3, -0.25) is 9.59 Å². The van der Waals surface area contributed by atoms with Gasteiger partial charge in [0.25, 0.3) is 0 Å². The van der Waals surface area contributed by atoms with Crippen molar-refractivity contribution < 1.29 is 23.1 Å². The first-order chi connectivity index (χ1) is 9.83. The second kappa shape index (κ2) is 6.34. The molecule has 2 N–H and O–H groups in total. The quantitative estimate of drug-likeness (QED) is 0.809. The molecule has 0 aromatic carbocycles. The van der Waals surface area contributed by atoms with Crippen LogP contribution in [0.15, 0.2) is 0 Å². The zero-order valence-corrected chi connectivity index (χ0v) is 13.0. The van der Waals surface area contributed by atoms with Gasteiger partial charge in [-0.1, -0.05) is 19.3 Å². The molecular weight excluding hydrogens is 294 g/mol. The lowest BCUT2D eigenvalue weighted by atomic mass is 9.71. The maximum absolute atomic E-state index is 12.1. The van der Waals surface area contributed by atoms with Crippen LogP contribution >= 0.6 is 0 Å². The number of hydrogen-bond acceptors (Lipinski definition) is 4. The molecule has 1 aliphatic carbocycles. The minimum Gasteiger partial charge on any atom is -0.481 e. The van der Waals surface area contributed by atoms with Crippen LogP contribution in [0.5, 0.6) is 0 Å². The van der Waals surface area contributed by atoms with Crippen LogP contribution in [0.1, 0.15) is 51.4 Å². The van der Waals surface area contributed by atoms with Crippen LogP contribution in [0.3, 0.4) is 0 Å². The number of carboxylic acid groups (broad SMARTS) is 1. The van der Waals surface area contributed by atoms with Crippen LogP contribution < -0.4 is 5.32 Å². The monoisotopic (exact) mass is 317 g/mol. The van der Waals surface area contributed by atoms with Gasteiger partial charge >= 0.3 is 5.97 Å². The van der Waals surface area contributed by atoms with E-state index >= 15 is 0 Å². The Bertz CT molecular complexity index is 507. The first-order valence-corrected chi connectivity index (χ1v) is 9.38. The molecule has 1 heterocycles. The van der Waals surface area contributed by atoms with Crippen molar-refractivity contribution in [2.24, 2.45) is 5.41 Å². The average Bonchev–Trinajstić information content (AvgIpc) is 2.38. The first-order valence-electron chi connectivity index (χ1n) is 7.56. The summed E-state index contributed by atoms with van der Waals surface area (Å²) in [6.07, 6.45) is 4.88. The molecule has 0 aromatic heterocycles. The van der Waals surface area contributed by atoms with Crippen molar-refractivity contribution in [3.63, 3.8) is 0 Å². The van der Waals surface area contributed by atoms with Crippen molar-refractivity contribution >= 4 is 21.7 Å². The molecule has 1 saturated heterocycles. The molecule has 0 spiro atoms. The highest BCUT2D eigenvalue weighted by Crippen LogP contribution is 2.39. The summed E-state index contributed by atoms with van der Waals surface area (Å²) in [6.45, 7) is 0. The number of sulfone groups is 1. The van der Waals surface area contributed by atoms with E-state index in [2.05, 4.69) is 5.32 Å². The molecule has 21 heavy (non-hydrogen) atoms. The lowest BCUT2D eigenvalue weighted by Gasteiger charge is -2.33.